The number of hydrogen-bond donors (Lipinski definition) is 1. The summed E-state index contributed by atoms with van der Waals surface area (Å²) in [6.45, 7) is 7.38. The summed E-state index contributed by atoms with van der Waals surface area (Å²) in [5, 5.41) is 3.49. The summed E-state index contributed by atoms with van der Waals surface area (Å²) >= 11 is 12.3. The van der Waals surface area contributed by atoms with E-state index < -0.39 is 28.5 Å². The molecule has 7 nitrogen and oxygen atoms in total. The van der Waals surface area contributed by atoms with Crippen LogP contribution in [0.5, 0.6) is 0 Å². The van der Waals surface area contributed by atoms with Crippen molar-refractivity contribution >= 4 is 50.7 Å². The number of likely N-dealkylation sites (N-methyl/N-ethyl adjacent to an activating group) is 1. The molecule has 34 heavy (non-hydrogen) atoms. The second kappa shape index (κ2) is 11.9. The predicted octanol–water partition coefficient (Wildman–Crippen LogP) is 4.44. The van der Waals surface area contributed by atoms with Crippen LogP contribution >= 0.6 is 23.2 Å². The minimum Gasteiger partial charge on any atom is -0.355 e. The summed E-state index contributed by atoms with van der Waals surface area (Å²) in [5.74, 6) is -0.615. The zero-order valence-electron chi connectivity index (χ0n) is 20.0. The van der Waals surface area contributed by atoms with Gasteiger partial charge in [-0.25, -0.2) is 8.42 Å². The van der Waals surface area contributed by atoms with E-state index in [0.717, 1.165) is 16.1 Å². The summed E-state index contributed by atoms with van der Waals surface area (Å²) in [7, 11) is -3.78. The van der Waals surface area contributed by atoms with Crippen LogP contribution in [0.15, 0.2) is 42.5 Å². The minimum absolute atomic E-state index is 0.0109. The van der Waals surface area contributed by atoms with Crippen LogP contribution in [-0.4, -0.2) is 50.5 Å². The molecule has 0 aliphatic heterocycles. The topological polar surface area (TPSA) is 86.8 Å². The zero-order chi connectivity index (χ0) is 25.6. The average molecular weight is 529 g/mol. The summed E-state index contributed by atoms with van der Waals surface area (Å²) in [6, 6.07) is 11.0. The molecule has 0 unspecified atom stereocenters. The second-order valence-corrected chi connectivity index (χ2v) is 11.1. The Labute approximate surface area is 212 Å². The van der Waals surface area contributed by atoms with Crippen molar-refractivity contribution < 1.29 is 18.0 Å². The predicted molar refractivity (Wildman–Crippen MR) is 138 cm³/mol. The Hall–Kier alpha value is -2.29. The van der Waals surface area contributed by atoms with E-state index in [0.29, 0.717) is 27.8 Å². The molecule has 0 aliphatic rings. The SMILES string of the molecule is CCNC(=O)[C@@H](C)N(Cc1ccc(Cl)cc1Cl)C(=O)CN(c1ccc(C(C)C)cc1)S(C)(=O)=O. The van der Waals surface area contributed by atoms with Crippen LogP contribution in [0.2, 0.25) is 10.0 Å². The summed E-state index contributed by atoms with van der Waals surface area (Å²) in [5.41, 5.74) is 2.01. The molecule has 2 aromatic carbocycles. The minimum atomic E-state index is -3.78. The first-order chi connectivity index (χ1) is 15.8. The molecule has 2 amide bonds. The van der Waals surface area contributed by atoms with Gasteiger partial charge < -0.3 is 10.2 Å². The standard InChI is InChI=1S/C24H31Cl2N3O4S/c1-6-27-24(31)17(4)28(14-19-7-10-20(25)13-22(19)26)23(30)15-29(34(5,32)33)21-11-8-18(9-12-21)16(2)3/h7-13,16-17H,6,14-15H2,1-5H3,(H,27,31)/t17-/m1/s1. The molecule has 10 heteroatoms. The van der Waals surface area contributed by atoms with Crippen LogP contribution in [-0.2, 0) is 26.2 Å². The third-order valence-electron chi connectivity index (χ3n) is 5.40. The molecule has 0 bridgehead atoms. The molecule has 0 heterocycles. The summed E-state index contributed by atoms with van der Waals surface area (Å²) < 4.78 is 26.3. The highest BCUT2D eigenvalue weighted by Crippen LogP contribution is 2.25. The van der Waals surface area contributed by atoms with Gasteiger partial charge in [0.15, 0.2) is 0 Å². The smallest absolute Gasteiger partial charge is 0.244 e. The molecule has 0 saturated heterocycles. The van der Waals surface area contributed by atoms with Gasteiger partial charge in [0.05, 0.1) is 11.9 Å². The first-order valence-electron chi connectivity index (χ1n) is 10.9. The molecule has 2 rings (SSSR count). The fourth-order valence-electron chi connectivity index (χ4n) is 3.38. The molecule has 186 valence electrons. The van der Waals surface area contributed by atoms with Gasteiger partial charge in [-0.15, -0.1) is 0 Å². The third kappa shape index (κ3) is 7.35. The fourth-order valence-corrected chi connectivity index (χ4v) is 4.70. The lowest BCUT2D eigenvalue weighted by molar-refractivity contribution is -0.139. The van der Waals surface area contributed by atoms with Crippen LogP contribution < -0.4 is 9.62 Å². The Morgan fingerprint density at radius 1 is 1.03 bits per heavy atom. The number of halogens is 2. The summed E-state index contributed by atoms with van der Waals surface area (Å²) in [4.78, 5) is 27.4. The second-order valence-electron chi connectivity index (χ2n) is 8.34. The monoisotopic (exact) mass is 527 g/mol. The molecule has 1 N–H and O–H groups in total. The van der Waals surface area contributed by atoms with Crippen molar-refractivity contribution in [3.63, 3.8) is 0 Å². The van der Waals surface area contributed by atoms with Gasteiger partial charge in [0.25, 0.3) is 0 Å². The van der Waals surface area contributed by atoms with Crippen LogP contribution in [0.1, 0.15) is 44.7 Å². The molecule has 0 aromatic heterocycles. The molecular formula is C24H31Cl2N3O4S. The third-order valence-corrected chi connectivity index (χ3v) is 7.13. The number of rotatable bonds is 10. The molecule has 0 aliphatic carbocycles. The van der Waals surface area contributed by atoms with Crippen molar-refractivity contribution in [2.75, 3.05) is 23.7 Å². The normalized spacial score (nSPS) is 12.4. The van der Waals surface area contributed by atoms with Crippen LogP contribution in [0, 0.1) is 0 Å². The molecule has 2 aromatic rings. The summed E-state index contributed by atoms with van der Waals surface area (Å²) in [6.07, 6.45) is 1.05. The van der Waals surface area contributed by atoms with E-state index in [2.05, 4.69) is 5.32 Å². The van der Waals surface area contributed by atoms with Gasteiger partial charge in [0.2, 0.25) is 21.8 Å². The van der Waals surface area contributed by atoms with E-state index in [4.69, 9.17) is 23.2 Å². The van der Waals surface area contributed by atoms with Crippen molar-refractivity contribution in [2.45, 2.75) is 46.2 Å². The van der Waals surface area contributed by atoms with Gasteiger partial charge in [-0.2, -0.15) is 0 Å². The maximum Gasteiger partial charge on any atom is 0.244 e. The Morgan fingerprint density at radius 2 is 1.65 bits per heavy atom. The van der Waals surface area contributed by atoms with Crippen LogP contribution in [0.3, 0.4) is 0 Å². The number of benzene rings is 2. The number of carbonyl (C=O) groups is 2. The van der Waals surface area contributed by atoms with Gasteiger partial charge in [-0.1, -0.05) is 55.2 Å². The van der Waals surface area contributed by atoms with Crippen molar-refractivity contribution in [1.29, 1.82) is 0 Å². The number of nitrogens with zero attached hydrogens (tertiary/aromatic N) is 2. The largest absolute Gasteiger partial charge is 0.355 e. The van der Waals surface area contributed by atoms with Crippen molar-refractivity contribution in [3.8, 4) is 0 Å². The lowest BCUT2D eigenvalue weighted by atomic mass is 10.0. The van der Waals surface area contributed by atoms with E-state index in [1.165, 1.54) is 4.90 Å². The van der Waals surface area contributed by atoms with E-state index >= 15 is 0 Å². The molecule has 0 fully saturated rings. The van der Waals surface area contributed by atoms with Crippen molar-refractivity contribution in [3.05, 3.63) is 63.6 Å². The maximum atomic E-state index is 13.5. The Bertz CT molecular complexity index is 1120. The molecule has 0 saturated carbocycles. The first-order valence-corrected chi connectivity index (χ1v) is 13.5. The first kappa shape index (κ1) is 28.0. The Kier molecular flexibility index (Phi) is 9.79. The number of hydrogen-bond acceptors (Lipinski definition) is 4. The van der Waals surface area contributed by atoms with Gasteiger partial charge in [0, 0.05) is 23.1 Å². The van der Waals surface area contributed by atoms with Crippen LogP contribution in [0.25, 0.3) is 0 Å². The Morgan fingerprint density at radius 3 is 2.15 bits per heavy atom. The fraction of sp³-hybridized carbons (Fsp3) is 0.417. The number of nitrogens with one attached hydrogen (secondary N) is 1. The van der Waals surface area contributed by atoms with E-state index in [9.17, 15) is 18.0 Å². The number of amides is 2. The highest BCUT2D eigenvalue weighted by atomic mass is 35.5. The average Bonchev–Trinajstić information content (AvgIpc) is 2.75. The zero-order valence-corrected chi connectivity index (χ0v) is 22.3. The van der Waals surface area contributed by atoms with E-state index in [-0.39, 0.29) is 18.4 Å². The Balaban J connectivity index is 2.41. The molecular weight excluding hydrogens is 497 g/mol. The number of sulfonamides is 1. The van der Waals surface area contributed by atoms with Gasteiger partial charge in [-0.3, -0.25) is 13.9 Å². The lowest BCUT2D eigenvalue weighted by Crippen LogP contribution is -2.51. The molecule has 1 atom stereocenters. The van der Waals surface area contributed by atoms with Gasteiger partial charge >= 0.3 is 0 Å². The molecule has 0 radical (unpaired) electrons. The van der Waals surface area contributed by atoms with Gasteiger partial charge in [0.1, 0.15) is 12.6 Å². The van der Waals surface area contributed by atoms with Gasteiger partial charge in [-0.05, 0) is 55.2 Å². The van der Waals surface area contributed by atoms with Crippen LogP contribution in [0.4, 0.5) is 5.69 Å². The van der Waals surface area contributed by atoms with Crippen molar-refractivity contribution in [2.24, 2.45) is 0 Å². The highest BCUT2D eigenvalue weighted by molar-refractivity contribution is 7.92. The highest BCUT2D eigenvalue weighted by Gasteiger charge is 2.30. The quantitative estimate of drug-likeness (QED) is 0.494. The lowest BCUT2D eigenvalue weighted by Gasteiger charge is -2.31. The molecule has 0 spiro atoms. The van der Waals surface area contributed by atoms with E-state index in [1.807, 2.05) is 26.0 Å². The maximum absolute atomic E-state index is 13.5. The number of carbonyl (C=O) groups excluding carboxylic acids is 2. The van der Waals surface area contributed by atoms with Crippen molar-refractivity contribution in [1.82, 2.24) is 10.2 Å². The number of anilines is 1. The van der Waals surface area contributed by atoms with E-state index in [1.54, 1.807) is 44.2 Å².